The van der Waals surface area contributed by atoms with Gasteiger partial charge in [0.25, 0.3) is 0 Å². The first kappa shape index (κ1) is 16.0. The van der Waals surface area contributed by atoms with Crippen molar-refractivity contribution in [2.75, 3.05) is 13.1 Å². The van der Waals surface area contributed by atoms with Crippen LogP contribution in [0.3, 0.4) is 0 Å². The maximum Gasteiger partial charge on any atom is 0.0960 e. The lowest BCUT2D eigenvalue weighted by atomic mass is 10.0. The van der Waals surface area contributed by atoms with Crippen LogP contribution in [-0.4, -0.2) is 22.6 Å². The van der Waals surface area contributed by atoms with Crippen molar-refractivity contribution in [3.8, 4) is 0 Å². The van der Waals surface area contributed by atoms with Gasteiger partial charge in [-0.2, -0.15) is 0 Å². The molecule has 21 heavy (non-hydrogen) atoms. The summed E-state index contributed by atoms with van der Waals surface area (Å²) in [6.45, 7) is 15.5. The van der Waals surface area contributed by atoms with Gasteiger partial charge in [0.05, 0.1) is 17.4 Å². The van der Waals surface area contributed by atoms with Gasteiger partial charge in [-0.25, -0.2) is 4.98 Å². The second-order valence-corrected chi connectivity index (χ2v) is 6.85. The molecule has 2 rings (SSSR count). The summed E-state index contributed by atoms with van der Waals surface area (Å²) >= 11 is 0. The van der Waals surface area contributed by atoms with Crippen molar-refractivity contribution < 1.29 is 0 Å². The molecule has 0 spiro atoms. The first-order valence-electron chi connectivity index (χ1n) is 8.04. The van der Waals surface area contributed by atoms with Crippen molar-refractivity contribution in [1.82, 2.24) is 14.9 Å². The highest BCUT2D eigenvalue weighted by molar-refractivity contribution is 5.77. The average molecular weight is 287 g/mol. The lowest BCUT2D eigenvalue weighted by Gasteiger charge is -2.23. The van der Waals surface area contributed by atoms with E-state index in [9.17, 15) is 0 Å². The molecule has 2 atom stereocenters. The molecule has 1 aromatic heterocycles. The van der Waals surface area contributed by atoms with E-state index in [4.69, 9.17) is 0 Å². The normalized spacial score (nSPS) is 14.8. The van der Waals surface area contributed by atoms with Gasteiger partial charge in [0, 0.05) is 6.04 Å². The molecule has 0 saturated heterocycles. The van der Waals surface area contributed by atoms with Crippen molar-refractivity contribution in [3.05, 3.63) is 29.6 Å². The number of nitrogens with zero attached hydrogens (tertiary/aromatic N) is 2. The summed E-state index contributed by atoms with van der Waals surface area (Å²) in [5, 5.41) is 3.56. The minimum Gasteiger partial charge on any atom is -0.327 e. The van der Waals surface area contributed by atoms with E-state index in [-0.39, 0.29) is 0 Å². The number of aromatic nitrogens is 2. The number of hydrogen-bond acceptors (Lipinski definition) is 2. The molecule has 0 bridgehead atoms. The standard InChI is InChI=1S/C18H29N3/c1-12(2)9-19-10-15(5)16(6)21-11-20-17-7-13(3)14(4)8-18(17)21/h7-8,11-12,15-16,19H,9-10H2,1-6H3. The molecule has 1 heterocycles. The quantitative estimate of drug-likeness (QED) is 0.867. The number of aryl methyl sites for hydroxylation is 2. The van der Waals surface area contributed by atoms with E-state index in [2.05, 4.69) is 68.5 Å². The molecule has 0 aliphatic carbocycles. The van der Waals surface area contributed by atoms with Crippen LogP contribution < -0.4 is 5.32 Å². The Bertz CT molecular complexity index is 598. The average Bonchev–Trinajstić information content (AvgIpc) is 2.80. The molecule has 0 aliphatic heterocycles. The summed E-state index contributed by atoms with van der Waals surface area (Å²) in [4.78, 5) is 4.58. The molecule has 1 N–H and O–H groups in total. The molecule has 2 aromatic rings. The summed E-state index contributed by atoms with van der Waals surface area (Å²) in [5.74, 6) is 1.27. The molecule has 0 radical (unpaired) electrons. The Balaban J connectivity index is 2.15. The summed E-state index contributed by atoms with van der Waals surface area (Å²) in [5.41, 5.74) is 5.00. The lowest BCUT2D eigenvalue weighted by Crippen LogP contribution is -2.29. The predicted molar refractivity (Wildman–Crippen MR) is 90.8 cm³/mol. The Morgan fingerprint density at radius 2 is 1.71 bits per heavy atom. The van der Waals surface area contributed by atoms with Crippen molar-refractivity contribution in [2.45, 2.75) is 47.6 Å². The number of nitrogens with one attached hydrogen (secondary N) is 1. The van der Waals surface area contributed by atoms with Crippen molar-refractivity contribution in [2.24, 2.45) is 11.8 Å². The van der Waals surface area contributed by atoms with Crippen LogP contribution >= 0.6 is 0 Å². The Kier molecular flexibility index (Phi) is 5.04. The van der Waals surface area contributed by atoms with Gasteiger partial charge in [0.1, 0.15) is 0 Å². The van der Waals surface area contributed by atoms with Crippen LogP contribution in [0.2, 0.25) is 0 Å². The molecule has 3 nitrogen and oxygen atoms in total. The summed E-state index contributed by atoms with van der Waals surface area (Å²) in [6.07, 6.45) is 1.99. The third-order valence-electron chi connectivity index (χ3n) is 4.47. The van der Waals surface area contributed by atoms with Crippen molar-refractivity contribution in [1.29, 1.82) is 0 Å². The van der Waals surface area contributed by atoms with Gasteiger partial charge >= 0.3 is 0 Å². The first-order valence-corrected chi connectivity index (χ1v) is 8.04. The molecule has 0 saturated carbocycles. The zero-order valence-corrected chi connectivity index (χ0v) is 14.3. The number of imidazole rings is 1. The number of fused-ring (bicyclic) bond motifs is 1. The van der Waals surface area contributed by atoms with Gasteiger partial charge in [-0.15, -0.1) is 0 Å². The molecule has 116 valence electrons. The van der Waals surface area contributed by atoms with Gasteiger partial charge in [-0.1, -0.05) is 20.8 Å². The smallest absolute Gasteiger partial charge is 0.0960 e. The molecule has 2 unspecified atom stereocenters. The van der Waals surface area contributed by atoms with Gasteiger partial charge in [-0.05, 0) is 69.0 Å². The monoisotopic (exact) mass is 287 g/mol. The molecule has 0 amide bonds. The van der Waals surface area contributed by atoms with E-state index < -0.39 is 0 Å². The summed E-state index contributed by atoms with van der Waals surface area (Å²) in [6, 6.07) is 4.90. The van der Waals surface area contributed by atoms with Crippen LogP contribution in [0, 0.1) is 25.7 Å². The Morgan fingerprint density at radius 3 is 2.38 bits per heavy atom. The van der Waals surface area contributed by atoms with Crippen LogP contribution in [0.25, 0.3) is 11.0 Å². The van der Waals surface area contributed by atoms with Gasteiger partial charge in [0.2, 0.25) is 0 Å². The van der Waals surface area contributed by atoms with E-state index in [0.717, 1.165) is 18.6 Å². The van der Waals surface area contributed by atoms with Crippen LogP contribution in [0.1, 0.15) is 44.9 Å². The zero-order valence-electron chi connectivity index (χ0n) is 14.3. The van der Waals surface area contributed by atoms with Crippen LogP contribution in [-0.2, 0) is 0 Å². The number of hydrogen-bond donors (Lipinski definition) is 1. The molecular formula is C18H29N3. The van der Waals surface area contributed by atoms with Gasteiger partial charge in [-0.3, -0.25) is 0 Å². The maximum atomic E-state index is 4.58. The second-order valence-electron chi connectivity index (χ2n) is 6.85. The highest BCUT2D eigenvalue weighted by atomic mass is 15.1. The van der Waals surface area contributed by atoms with E-state index in [0.29, 0.717) is 17.9 Å². The number of rotatable bonds is 6. The van der Waals surface area contributed by atoms with E-state index in [1.165, 1.54) is 16.6 Å². The third kappa shape index (κ3) is 3.65. The van der Waals surface area contributed by atoms with Crippen LogP contribution in [0.4, 0.5) is 0 Å². The van der Waals surface area contributed by atoms with Crippen molar-refractivity contribution in [3.63, 3.8) is 0 Å². The molecule has 3 heteroatoms. The van der Waals surface area contributed by atoms with E-state index >= 15 is 0 Å². The fourth-order valence-electron chi connectivity index (χ4n) is 2.65. The Morgan fingerprint density at radius 1 is 1.05 bits per heavy atom. The van der Waals surface area contributed by atoms with Gasteiger partial charge in [0.15, 0.2) is 0 Å². The highest BCUT2D eigenvalue weighted by Gasteiger charge is 2.16. The fraction of sp³-hybridized carbons (Fsp3) is 0.611. The summed E-state index contributed by atoms with van der Waals surface area (Å²) < 4.78 is 2.32. The topological polar surface area (TPSA) is 29.9 Å². The minimum atomic E-state index is 0.441. The van der Waals surface area contributed by atoms with Crippen molar-refractivity contribution >= 4 is 11.0 Å². The molecular weight excluding hydrogens is 258 g/mol. The Hall–Kier alpha value is -1.35. The lowest BCUT2D eigenvalue weighted by molar-refractivity contribution is 0.360. The first-order chi connectivity index (χ1) is 9.90. The maximum absolute atomic E-state index is 4.58. The number of benzene rings is 1. The van der Waals surface area contributed by atoms with E-state index in [1.54, 1.807) is 0 Å². The van der Waals surface area contributed by atoms with Crippen LogP contribution in [0.15, 0.2) is 18.5 Å². The minimum absolute atomic E-state index is 0.441. The van der Waals surface area contributed by atoms with Crippen LogP contribution in [0.5, 0.6) is 0 Å². The Labute approximate surface area is 128 Å². The third-order valence-corrected chi connectivity index (χ3v) is 4.47. The zero-order chi connectivity index (χ0) is 15.6. The highest BCUT2D eigenvalue weighted by Crippen LogP contribution is 2.25. The van der Waals surface area contributed by atoms with E-state index in [1.807, 2.05) is 6.33 Å². The largest absolute Gasteiger partial charge is 0.327 e. The SMILES string of the molecule is Cc1cc2ncn(C(C)C(C)CNCC(C)C)c2cc1C. The second kappa shape index (κ2) is 6.61. The van der Waals surface area contributed by atoms with Gasteiger partial charge < -0.3 is 9.88 Å². The molecule has 0 fully saturated rings. The fourth-order valence-corrected chi connectivity index (χ4v) is 2.65. The molecule has 1 aromatic carbocycles. The molecule has 0 aliphatic rings. The summed E-state index contributed by atoms with van der Waals surface area (Å²) in [7, 11) is 0. The predicted octanol–water partition coefficient (Wildman–Crippen LogP) is 4.10.